The predicted molar refractivity (Wildman–Crippen MR) is 67.7 cm³/mol. The molecule has 0 amide bonds. The molecule has 2 nitrogen and oxygen atoms in total. The lowest BCUT2D eigenvalue weighted by Crippen LogP contribution is -1.85. The van der Waals surface area contributed by atoms with Crippen molar-refractivity contribution >= 4 is 11.0 Å². The van der Waals surface area contributed by atoms with E-state index < -0.39 is 0 Å². The van der Waals surface area contributed by atoms with Gasteiger partial charge in [0.05, 0.1) is 6.20 Å². The van der Waals surface area contributed by atoms with Crippen molar-refractivity contribution in [2.24, 2.45) is 0 Å². The van der Waals surface area contributed by atoms with E-state index in [-0.39, 0.29) is 0 Å². The number of aryl methyl sites for hydroxylation is 1. The van der Waals surface area contributed by atoms with E-state index in [1.807, 2.05) is 12.1 Å². The smallest absolute Gasteiger partial charge is 0.166 e. The molecule has 3 aromatic rings. The summed E-state index contributed by atoms with van der Waals surface area (Å²) in [6.07, 6.45) is 3.89. The Morgan fingerprint density at radius 1 is 1.06 bits per heavy atom. The van der Waals surface area contributed by atoms with Crippen LogP contribution in [0, 0.1) is 13.3 Å². The van der Waals surface area contributed by atoms with E-state index in [1.54, 1.807) is 6.20 Å². The van der Waals surface area contributed by atoms with Crippen molar-refractivity contribution in [3.05, 3.63) is 71.8 Å². The highest BCUT2D eigenvalue weighted by Gasteiger charge is 2.01. The second kappa shape index (κ2) is 4.06. The Kier molecular flexibility index (Phi) is 2.41. The lowest BCUT2D eigenvalue weighted by Gasteiger charge is -2.02. The fourth-order valence-corrected chi connectivity index (χ4v) is 1.93. The number of hydrogen-bond donors (Lipinski definition) is 0. The molecule has 0 aliphatic heterocycles. The first-order valence-corrected chi connectivity index (χ1v) is 5.57. The van der Waals surface area contributed by atoms with Crippen molar-refractivity contribution in [2.45, 2.75) is 6.92 Å². The molecule has 1 heterocycles. The summed E-state index contributed by atoms with van der Waals surface area (Å²) in [5.41, 5.74) is 4.46. The van der Waals surface area contributed by atoms with Crippen LogP contribution in [0.2, 0.25) is 0 Å². The maximum atomic E-state index is 5.08. The zero-order valence-electron chi connectivity index (χ0n) is 9.55. The summed E-state index contributed by atoms with van der Waals surface area (Å²) < 4.78 is 5.08. The molecule has 0 N–H and O–H groups in total. The molecule has 2 heteroatoms. The Morgan fingerprint density at radius 3 is 2.82 bits per heavy atom. The van der Waals surface area contributed by atoms with Gasteiger partial charge in [0.1, 0.15) is 0 Å². The molecule has 83 valence electrons. The molecule has 0 fully saturated rings. The zero-order chi connectivity index (χ0) is 11.7. The van der Waals surface area contributed by atoms with Gasteiger partial charge in [-0.25, -0.2) is 0 Å². The number of nitrogens with zero attached hydrogens (tertiary/aromatic N) is 1. The summed E-state index contributed by atoms with van der Waals surface area (Å²) in [6, 6.07) is 14.5. The molecule has 0 saturated heterocycles. The molecule has 1 aromatic heterocycles. The average Bonchev–Trinajstić information content (AvgIpc) is 2.76. The summed E-state index contributed by atoms with van der Waals surface area (Å²) in [5, 5.41) is 4.81. The van der Waals surface area contributed by atoms with Crippen LogP contribution in [0.5, 0.6) is 0 Å². The SMILES string of the molecule is Cc1cccc([CH]c2ccc3oncc3c2)c1. The fourth-order valence-electron chi connectivity index (χ4n) is 1.93. The van der Waals surface area contributed by atoms with Crippen molar-refractivity contribution in [1.29, 1.82) is 0 Å². The number of rotatable bonds is 2. The first-order valence-electron chi connectivity index (χ1n) is 5.57. The highest BCUT2D eigenvalue weighted by molar-refractivity contribution is 5.77. The maximum absolute atomic E-state index is 5.08. The minimum absolute atomic E-state index is 0.825. The van der Waals surface area contributed by atoms with Gasteiger partial charge in [-0.1, -0.05) is 41.1 Å². The van der Waals surface area contributed by atoms with Crippen LogP contribution < -0.4 is 0 Å². The molecule has 0 spiro atoms. The van der Waals surface area contributed by atoms with E-state index in [1.165, 1.54) is 11.1 Å². The largest absolute Gasteiger partial charge is 0.356 e. The van der Waals surface area contributed by atoms with Crippen LogP contribution in [0.4, 0.5) is 0 Å². The van der Waals surface area contributed by atoms with Crippen LogP contribution in [-0.4, -0.2) is 5.16 Å². The molecule has 0 unspecified atom stereocenters. The molecule has 1 radical (unpaired) electrons. The molecule has 3 rings (SSSR count). The first kappa shape index (κ1) is 10.1. The molecule has 2 aromatic carbocycles. The standard InChI is InChI=1S/C15H12NO/c1-11-3-2-4-12(7-11)8-13-5-6-15-14(9-13)10-16-17-15/h2-10H,1H3. The Morgan fingerprint density at radius 2 is 1.94 bits per heavy atom. The van der Waals surface area contributed by atoms with E-state index >= 15 is 0 Å². The van der Waals surface area contributed by atoms with Gasteiger partial charge in [-0.05, 0) is 30.2 Å². The Bertz CT molecular complexity index is 655. The summed E-state index contributed by atoms with van der Waals surface area (Å²) >= 11 is 0. The molecule has 0 aliphatic carbocycles. The maximum Gasteiger partial charge on any atom is 0.166 e. The van der Waals surface area contributed by atoms with Gasteiger partial charge >= 0.3 is 0 Å². The van der Waals surface area contributed by atoms with Gasteiger partial charge in [-0.3, -0.25) is 0 Å². The quantitative estimate of drug-likeness (QED) is 0.660. The number of aromatic nitrogens is 1. The number of hydrogen-bond acceptors (Lipinski definition) is 2. The summed E-state index contributed by atoms with van der Waals surface area (Å²) in [4.78, 5) is 0. The monoisotopic (exact) mass is 222 g/mol. The number of benzene rings is 2. The van der Waals surface area contributed by atoms with Crippen molar-refractivity contribution in [3.63, 3.8) is 0 Å². The average molecular weight is 222 g/mol. The highest BCUT2D eigenvalue weighted by Crippen LogP contribution is 2.19. The van der Waals surface area contributed by atoms with Crippen molar-refractivity contribution in [3.8, 4) is 0 Å². The van der Waals surface area contributed by atoms with Gasteiger partial charge in [-0.2, -0.15) is 0 Å². The van der Waals surface area contributed by atoms with Crippen molar-refractivity contribution < 1.29 is 4.52 Å². The van der Waals surface area contributed by atoms with Crippen molar-refractivity contribution in [2.75, 3.05) is 0 Å². The van der Waals surface area contributed by atoms with E-state index in [0.29, 0.717) is 0 Å². The van der Waals surface area contributed by atoms with Crippen LogP contribution in [-0.2, 0) is 0 Å². The lowest BCUT2D eigenvalue weighted by molar-refractivity contribution is 0.456. The highest BCUT2D eigenvalue weighted by atomic mass is 16.5. The third-order valence-electron chi connectivity index (χ3n) is 2.75. The van der Waals surface area contributed by atoms with E-state index in [0.717, 1.165) is 16.5 Å². The van der Waals surface area contributed by atoms with Crippen LogP contribution >= 0.6 is 0 Å². The van der Waals surface area contributed by atoms with Crippen LogP contribution in [0.25, 0.3) is 11.0 Å². The van der Waals surface area contributed by atoms with Crippen molar-refractivity contribution in [1.82, 2.24) is 5.16 Å². The molecule has 0 bridgehead atoms. The molecule has 17 heavy (non-hydrogen) atoms. The van der Waals surface area contributed by atoms with E-state index in [2.05, 4.69) is 48.8 Å². The minimum atomic E-state index is 0.825. The van der Waals surface area contributed by atoms with E-state index in [9.17, 15) is 0 Å². The predicted octanol–water partition coefficient (Wildman–Crippen LogP) is 3.74. The Hall–Kier alpha value is -2.09. The van der Waals surface area contributed by atoms with Crippen LogP contribution in [0.1, 0.15) is 16.7 Å². The normalized spacial score (nSPS) is 10.9. The van der Waals surface area contributed by atoms with Gasteiger partial charge in [0.25, 0.3) is 0 Å². The second-order valence-corrected chi connectivity index (χ2v) is 4.18. The van der Waals surface area contributed by atoms with Gasteiger partial charge in [-0.15, -0.1) is 0 Å². The molecular formula is C15H12NO. The van der Waals surface area contributed by atoms with Gasteiger partial charge < -0.3 is 4.52 Å². The Balaban J connectivity index is 1.94. The first-order chi connectivity index (χ1) is 8.31. The van der Waals surface area contributed by atoms with Crippen LogP contribution in [0.15, 0.2) is 53.2 Å². The van der Waals surface area contributed by atoms with Gasteiger partial charge in [0, 0.05) is 11.8 Å². The van der Waals surface area contributed by atoms with Crippen LogP contribution in [0.3, 0.4) is 0 Å². The topological polar surface area (TPSA) is 26.0 Å². The summed E-state index contributed by atoms with van der Waals surface area (Å²) in [5.74, 6) is 0. The van der Waals surface area contributed by atoms with Gasteiger partial charge in [0.2, 0.25) is 0 Å². The minimum Gasteiger partial charge on any atom is -0.356 e. The third kappa shape index (κ3) is 2.07. The second-order valence-electron chi connectivity index (χ2n) is 4.18. The summed E-state index contributed by atoms with van der Waals surface area (Å²) in [7, 11) is 0. The molecule has 0 atom stereocenters. The zero-order valence-corrected chi connectivity index (χ0v) is 9.55. The third-order valence-corrected chi connectivity index (χ3v) is 2.75. The summed E-state index contributed by atoms with van der Waals surface area (Å²) in [6.45, 7) is 2.10. The Labute approximate surface area is 99.9 Å². The molecular weight excluding hydrogens is 210 g/mol. The number of fused-ring (bicyclic) bond motifs is 1. The van der Waals surface area contributed by atoms with Gasteiger partial charge in [0.15, 0.2) is 5.58 Å². The van der Waals surface area contributed by atoms with E-state index in [4.69, 9.17) is 4.52 Å². The molecule has 0 aliphatic rings. The molecule has 0 saturated carbocycles. The lowest BCUT2D eigenvalue weighted by atomic mass is 10.0. The fraction of sp³-hybridized carbons (Fsp3) is 0.0667.